The van der Waals surface area contributed by atoms with Crippen molar-refractivity contribution in [1.82, 2.24) is 0 Å². The van der Waals surface area contributed by atoms with E-state index < -0.39 is 11.6 Å². The summed E-state index contributed by atoms with van der Waals surface area (Å²) in [6.07, 6.45) is 0. The highest BCUT2D eigenvalue weighted by atomic mass is 79.9. The number of hydrogen-bond donors (Lipinski definition) is 1. The van der Waals surface area contributed by atoms with Gasteiger partial charge >= 0.3 is 0 Å². The van der Waals surface area contributed by atoms with Gasteiger partial charge in [-0.25, -0.2) is 8.78 Å². The van der Waals surface area contributed by atoms with E-state index in [-0.39, 0.29) is 10.2 Å². The maximum absolute atomic E-state index is 13.6. The minimum absolute atomic E-state index is 0.126. The molecule has 0 aliphatic heterocycles. The fraction of sp³-hybridized carbons (Fsp3) is 0.143. The fourth-order valence-electron chi connectivity index (χ4n) is 1.66. The summed E-state index contributed by atoms with van der Waals surface area (Å²) in [6, 6.07) is 10.1. The average molecular weight is 312 g/mol. The van der Waals surface area contributed by atoms with Crippen molar-refractivity contribution in [3.63, 3.8) is 0 Å². The summed E-state index contributed by atoms with van der Waals surface area (Å²) in [5, 5.41) is 2.90. The van der Waals surface area contributed by atoms with E-state index in [1.807, 2.05) is 31.2 Å². The number of rotatable bonds is 3. The van der Waals surface area contributed by atoms with Gasteiger partial charge in [-0.2, -0.15) is 0 Å². The van der Waals surface area contributed by atoms with E-state index in [4.69, 9.17) is 0 Å². The summed E-state index contributed by atoms with van der Waals surface area (Å²) in [5.74, 6) is -0.958. The number of anilines is 1. The zero-order valence-corrected chi connectivity index (χ0v) is 11.4. The van der Waals surface area contributed by atoms with Crippen molar-refractivity contribution in [1.29, 1.82) is 0 Å². The highest BCUT2D eigenvalue weighted by Crippen LogP contribution is 2.24. The first-order valence-electron chi connectivity index (χ1n) is 5.51. The second-order valence-electron chi connectivity index (χ2n) is 4.03. The smallest absolute Gasteiger partial charge is 0.147 e. The van der Waals surface area contributed by atoms with Crippen LogP contribution in [0.25, 0.3) is 0 Å². The van der Waals surface area contributed by atoms with E-state index in [0.717, 1.165) is 23.3 Å². The monoisotopic (exact) mass is 311 g/mol. The molecule has 0 heterocycles. The lowest BCUT2D eigenvalue weighted by Gasteiger charge is -2.10. The van der Waals surface area contributed by atoms with Crippen LogP contribution in [0.3, 0.4) is 0 Å². The molecule has 0 fully saturated rings. The molecule has 1 N–H and O–H groups in total. The molecule has 0 saturated carbocycles. The summed E-state index contributed by atoms with van der Waals surface area (Å²) in [6.45, 7) is 2.44. The topological polar surface area (TPSA) is 12.0 Å². The van der Waals surface area contributed by atoms with Crippen LogP contribution >= 0.6 is 15.9 Å². The van der Waals surface area contributed by atoms with Crippen molar-refractivity contribution in [2.24, 2.45) is 0 Å². The normalized spacial score (nSPS) is 10.4. The van der Waals surface area contributed by atoms with Gasteiger partial charge < -0.3 is 5.32 Å². The molecule has 94 valence electrons. The molecular formula is C14H12BrF2N. The quantitative estimate of drug-likeness (QED) is 0.814. The van der Waals surface area contributed by atoms with Crippen LogP contribution < -0.4 is 5.32 Å². The van der Waals surface area contributed by atoms with Gasteiger partial charge in [0.1, 0.15) is 11.6 Å². The number of hydrogen-bond acceptors (Lipinski definition) is 1. The van der Waals surface area contributed by atoms with Crippen LogP contribution in [0.5, 0.6) is 0 Å². The Morgan fingerprint density at radius 2 is 1.83 bits per heavy atom. The molecule has 0 radical (unpaired) electrons. The lowest BCUT2D eigenvalue weighted by Crippen LogP contribution is -2.03. The van der Waals surface area contributed by atoms with Gasteiger partial charge in [0.2, 0.25) is 0 Å². The average Bonchev–Trinajstić information content (AvgIpc) is 2.34. The van der Waals surface area contributed by atoms with Gasteiger partial charge in [0, 0.05) is 12.6 Å². The first-order chi connectivity index (χ1) is 8.58. The Bertz CT molecular complexity index is 570. The van der Waals surface area contributed by atoms with E-state index in [9.17, 15) is 8.78 Å². The number of benzene rings is 2. The lowest BCUT2D eigenvalue weighted by atomic mass is 10.1. The molecule has 0 aliphatic carbocycles. The Morgan fingerprint density at radius 1 is 1.11 bits per heavy atom. The molecule has 2 aromatic carbocycles. The number of halogens is 3. The molecule has 0 aromatic heterocycles. The maximum Gasteiger partial charge on any atom is 0.147 e. The van der Waals surface area contributed by atoms with Crippen LogP contribution in [-0.4, -0.2) is 0 Å². The van der Waals surface area contributed by atoms with Gasteiger partial charge in [-0.3, -0.25) is 0 Å². The first-order valence-corrected chi connectivity index (χ1v) is 6.30. The van der Waals surface area contributed by atoms with Crippen molar-refractivity contribution in [3.05, 3.63) is 63.6 Å². The predicted octanol–water partition coefficient (Wildman–Crippen LogP) is 4.65. The van der Waals surface area contributed by atoms with Crippen LogP contribution in [-0.2, 0) is 6.54 Å². The summed E-state index contributed by atoms with van der Waals surface area (Å²) in [5.41, 5.74) is 2.34. The van der Waals surface area contributed by atoms with E-state index in [1.165, 1.54) is 0 Å². The van der Waals surface area contributed by atoms with Crippen LogP contribution in [0.1, 0.15) is 11.1 Å². The molecule has 0 saturated heterocycles. The highest BCUT2D eigenvalue weighted by Gasteiger charge is 2.08. The summed E-state index contributed by atoms with van der Waals surface area (Å²) < 4.78 is 27.0. The van der Waals surface area contributed by atoms with E-state index in [0.29, 0.717) is 6.54 Å². The van der Waals surface area contributed by atoms with E-state index in [2.05, 4.69) is 21.2 Å². The van der Waals surface area contributed by atoms with Crippen LogP contribution in [0.15, 0.2) is 40.9 Å². The van der Waals surface area contributed by atoms with E-state index in [1.54, 1.807) is 0 Å². The van der Waals surface area contributed by atoms with Crippen LogP contribution in [0.2, 0.25) is 0 Å². The standard InChI is InChI=1S/C14H12BrF2N/c1-9-4-2-3-5-10(9)8-18-14-7-12(16)11(15)6-13(14)17/h2-7,18H,8H2,1H3. The van der Waals surface area contributed by atoms with Crippen molar-refractivity contribution in [2.75, 3.05) is 5.32 Å². The lowest BCUT2D eigenvalue weighted by molar-refractivity contribution is 0.596. The van der Waals surface area contributed by atoms with Gasteiger partial charge in [-0.05, 0) is 40.0 Å². The molecule has 0 unspecified atom stereocenters. The molecule has 0 amide bonds. The Balaban J connectivity index is 2.16. The van der Waals surface area contributed by atoms with Gasteiger partial charge in [0.05, 0.1) is 10.2 Å². The summed E-state index contributed by atoms with van der Waals surface area (Å²) in [7, 11) is 0. The molecule has 1 nitrogen and oxygen atoms in total. The van der Waals surface area contributed by atoms with Crippen LogP contribution in [0.4, 0.5) is 14.5 Å². The van der Waals surface area contributed by atoms with Gasteiger partial charge in [-0.1, -0.05) is 24.3 Å². The third kappa shape index (κ3) is 2.88. The van der Waals surface area contributed by atoms with Crippen molar-refractivity contribution >= 4 is 21.6 Å². The molecule has 2 rings (SSSR count). The minimum atomic E-state index is -0.483. The minimum Gasteiger partial charge on any atom is -0.379 e. The Morgan fingerprint density at radius 3 is 2.56 bits per heavy atom. The number of nitrogens with one attached hydrogen (secondary N) is 1. The third-order valence-electron chi connectivity index (χ3n) is 2.74. The Labute approximate surface area is 113 Å². The third-order valence-corrected chi connectivity index (χ3v) is 3.35. The van der Waals surface area contributed by atoms with Gasteiger partial charge in [0.25, 0.3) is 0 Å². The second-order valence-corrected chi connectivity index (χ2v) is 4.88. The zero-order chi connectivity index (χ0) is 13.1. The summed E-state index contributed by atoms with van der Waals surface area (Å²) >= 11 is 2.95. The fourth-order valence-corrected chi connectivity index (χ4v) is 1.97. The van der Waals surface area contributed by atoms with Crippen molar-refractivity contribution in [2.45, 2.75) is 13.5 Å². The molecule has 0 bridgehead atoms. The highest BCUT2D eigenvalue weighted by molar-refractivity contribution is 9.10. The molecule has 0 spiro atoms. The van der Waals surface area contributed by atoms with Crippen molar-refractivity contribution in [3.8, 4) is 0 Å². The molecule has 4 heteroatoms. The van der Waals surface area contributed by atoms with Crippen molar-refractivity contribution < 1.29 is 8.78 Å². The molecule has 2 aromatic rings. The molecule has 18 heavy (non-hydrogen) atoms. The second kappa shape index (κ2) is 5.48. The molecular weight excluding hydrogens is 300 g/mol. The van der Waals surface area contributed by atoms with Gasteiger partial charge in [-0.15, -0.1) is 0 Å². The number of aryl methyl sites for hydroxylation is 1. The van der Waals surface area contributed by atoms with Crippen LogP contribution in [0, 0.1) is 18.6 Å². The first kappa shape index (κ1) is 13.0. The van der Waals surface area contributed by atoms with Gasteiger partial charge in [0.15, 0.2) is 0 Å². The molecule has 0 aliphatic rings. The Kier molecular flexibility index (Phi) is 3.97. The Hall–Kier alpha value is -1.42. The predicted molar refractivity (Wildman–Crippen MR) is 72.6 cm³/mol. The molecule has 0 atom stereocenters. The summed E-state index contributed by atoms with van der Waals surface area (Å²) in [4.78, 5) is 0. The van der Waals surface area contributed by atoms with E-state index >= 15 is 0 Å². The zero-order valence-electron chi connectivity index (χ0n) is 9.81. The largest absolute Gasteiger partial charge is 0.379 e. The SMILES string of the molecule is Cc1ccccc1CNc1cc(F)c(Br)cc1F. The maximum atomic E-state index is 13.6.